The van der Waals surface area contributed by atoms with E-state index in [-0.39, 0.29) is 12.4 Å². The van der Waals surface area contributed by atoms with Crippen LogP contribution in [0.3, 0.4) is 0 Å². The first-order chi connectivity index (χ1) is 9.29. The number of rotatable bonds is 11. The Labute approximate surface area is 133 Å². The third-order valence-electron chi connectivity index (χ3n) is 4.34. The third-order valence-corrected chi connectivity index (χ3v) is 4.34. The number of hydrogen-bond donors (Lipinski definition) is 0. The van der Waals surface area contributed by atoms with Crippen LogP contribution in [-0.4, -0.2) is 17.6 Å². The van der Waals surface area contributed by atoms with E-state index in [1.54, 1.807) is 5.70 Å². The van der Waals surface area contributed by atoms with Crippen LogP contribution in [0.1, 0.15) is 78.6 Å². The molecule has 118 valence electrons. The fraction of sp³-hybridized carbons (Fsp3) is 0.778. The van der Waals surface area contributed by atoms with Gasteiger partial charge in [0.05, 0.1) is 13.1 Å². The van der Waals surface area contributed by atoms with E-state index in [1.165, 1.54) is 75.4 Å². The van der Waals surface area contributed by atoms with Crippen LogP contribution in [-0.2, 0) is 0 Å². The SMILES string of the molecule is CCCCCC[N+]1(CCCC)C=CC=C1CCCC.[Cl-]. The molecule has 1 atom stereocenters. The molecule has 1 aliphatic heterocycles. The van der Waals surface area contributed by atoms with Gasteiger partial charge in [0.2, 0.25) is 0 Å². The fourth-order valence-electron chi connectivity index (χ4n) is 3.04. The summed E-state index contributed by atoms with van der Waals surface area (Å²) in [6.07, 6.45) is 19.3. The maximum absolute atomic E-state index is 2.46. The molecular weight excluding hydrogens is 266 g/mol. The van der Waals surface area contributed by atoms with Crippen molar-refractivity contribution in [3.8, 4) is 0 Å². The second-order valence-corrected chi connectivity index (χ2v) is 6.00. The summed E-state index contributed by atoms with van der Waals surface area (Å²) in [5.41, 5.74) is 1.67. The zero-order valence-electron chi connectivity index (χ0n) is 13.8. The van der Waals surface area contributed by atoms with Crippen LogP contribution < -0.4 is 12.4 Å². The van der Waals surface area contributed by atoms with Crippen molar-refractivity contribution in [3.63, 3.8) is 0 Å². The van der Waals surface area contributed by atoms with Gasteiger partial charge >= 0.3 is 0 Å². The minimum Gasteiger partial charge on any atom is -1.00 e. The van der Waals surface area contributed by atoms with E-state index in [0.717, 1.165) is 0 Å². The van der Waals surface area contributed by atoms with Crippen molar-refractivity contribution in [2.45, 2.75) is 78.6 Å². The van der Waals surface area contributed by atoms with E-state index in [4.69, 9.17) is 0 Å². The molecule has 0 amide bonds. The van der Waals surface area contributed by atoms with Crippen LogP contribution in [0.15, 0.2) is 24.0 Å². The Hall–Kier alpha value is -0.270. The van der Waals surface area contributed by atoms with E-state index < -0.39 is 0 Å². The summed E-state index contributed by atoms with van der Waals surface area (Å²) in [6.45, 7) is 9.54. The average molecular weight is 300 g/mol. The molecule has 0 aliphatic carbocycles. The first-order valence-electron chi connectivity index (χ1n) is 8.54. The molecule has 0 aromatic carbocycles. The lowest BCUT2D eigenvalue weighted by Gasteiger charge is -2.34. The first-order valence-corrected chi connectivity index (χ1v) is 8.54. The normalized spacial score (nSPS) is 20.9. The Morgan fingerprint density at radius 2 is 1.45 bits per heavy atom. The minimum atomic E-state index is 0. The molecule has 0 radical (unpaired) electrons. The van der Waals surface area contributed by atoms with Crippen molar-refractivity contribution in [1.29, 1.82) is 0 Å². The van der Waals surface area contributed by atoms with Gasteiger partial charge in [0.1, 0.15) is 11.9 Å². The van der Waals surface area contributed by atoms with Gasteiger partial charge in [-0.15, -0.1) is 0 Å². The molecule has 0 aromatic heterocycles. The van der Waals surface area contributed by atoms with Gasteiger partial charge in [-0.05, 0) is 31.8 Å². The topological polar surface area (TPSA) is 0 Å². The van der Waals surface area contributed by atoms with E-state index in [2.05, 4.69) is 39.1 Å². The summed E-state index contributed by atoms with van der Waals surface area (Å²) in [4.78, 5) is 0. The Balaban J connectivity index is 0.00000361. The predicted molar refractivity (Wildman–Crippen MR) is 85.8 cm³/mol. The monoisotopic (exact) mass is 299 g/mol. The van der Waals surface area contributed by atoms with Gasteiger partial charge in [0.25, 0.3) is 0 Å². The average Bonchev–Trinajstić information content (AvgIpc) is 2.82. The van der Waals surface area contributed by atoms with E-state index in [1.807, 2.05) is 0 Å². The van der Waals surface area contributed by atoms with Gasteiger partial charge in [-0.3, -0.25) is 4.48 Å². The van der Waals surface area contributed by atoms with E-state index >= 15 is 0 Å². The standard InChI is InChI=1S/C18H34N.ClH/c1-4-7-10-11-16-19(15-9-6-3)17-12-14-18(19)13-8-5-2;/h12,14,17H,4-11,13,15-16H2,1-3H3;1H/q+1;/p-1. The van der Waals surface area contributed by atoms with Crippen molar-refractivity contribution >= 4 is 0 Å². The van der Waals surface area contributed by atoms with Gasteiger partial charge in [-0.1, -0.05) is 46.5 Å². The number of quaternary nitrogens is 1. The van der Waals surface area contributed by atoms with Crippen molar-refractivity contribution in [1.82, 2.24) is 0 Å². The summed E-state index contributed by atoms with van der Waals surface area (Å²) in [5, 5.41) is 0. The highest BCUT2D eigenvalue weighted by Gasteiger charge is 2.31. The number of nitrogens with zero attached hydrogens (tertiary/aromatic N) is 1. The van der Waals surface area contributed by atoms with Crippen LogP contribution >= 0.6 is 0 Å². The lowest BCUT2D eigenvalue weighted by Crippen LogP contribution is -3.00. The van der Waals surface area contributed by atoms with Crippen LogP contribution in [0.2, 0.25) is 0 Å². The molecule has 1 rings (SSSR count). The Bertz CT molecular complexity index is 296. The van der Waals surface area contributed by atoms with Crippen molar-refractivity contribution < 1.29 is 16.9 Å². The van der Waals surface area contributed by atoms with Crippen molar-refractivity contribution in [2.24, 2.45) is 0 Å². The molecule has 0 saturated heterocycles. The Morgan fingerprint density at radius 3 is 2.10 bits per heavy atom. The Kier molecular flexibility index (Phi) is 11.2. The molecule has 20 heavy (non-hydrogen) atoms. The molecule has 0 fully saturated rings. The van der Waals surface area contributed by atoms with Crippen molar-refractivity contribution in [2.75, 3.05) is 13.1 Å². The largest absolute Gasteiger partial charge is 1.00 e. The molecular formula is C18H34ClN. The summed E-state index contributed by atoms with van der Waals surface area (Å²) in [7, 11) is 0. The minimum absolute atomic E-state index is 0. The summed E-state index contributed by atoms with van der Waals surface area (Å²) >= 11 is 0. The van der Waals surface area contributed by atoms with Crippen LogP contribution in [0.5, 0.6) is 0 Å². The lowest BCUT2D eigenvalue weighted by atomic mass is 10.1. The highest BCUT2D eigenvalue weighted by atomic mass is 35.5. The fourth-order valence-corrected chi connectivity index (χ4v) is 3.04. The second-order valence-electron chi connectivity index (χ2n) is 6.00. The van der Waals surface area contributed by atoms with Gasteiger partial charge in [-0.2, -0.15) is 0 Å². The first kappa shape index (κ1) is 19.7. The lowest BCUT2D eigenvalue weighted by molar-refractivity contribution is -0.841. The molecule has 0 spiro atoms. The van der Waals surface area contributed by atoms with E-state index in [0.29, 0.717) is 0 Å². The number of allylic oxidation sites excluding steroid dienone is 3. The quantitative estimate of drug-likeness (QED) is 0.406. The molecule has 0 saturated carbocycles. The van der Waals surface area contributed by atoms with Gasteiger partial charge in [-0.25, -0.2) is 0 Å². The van der Waals surface area contributed by atoms with Gasteiger partial charge in [0.15, 0.2) is 0 Å². The smallest absolute Gasteiger partial charge is 0.114 e. The summed E-state index contributed by atoms with van der Waals surface area (Å²) in [5.74, 6) is 0. The molecule has 1 unspecified atom stereocenters. The van der Waals surface area contributed by atoms with E-state index in [9.17, 15) is 0 Å². The highest BCUT2D eigenvalue weighted by Crippen LogP contribution is 2.30. The molecule has 0 bridgehead atoms. The van der Waals surface area contributed by atoms with Crippen LogP contribution in [0, 0.1) is 0 Å². The number of halogens is 1. The van der Waals surface area contributed by atoms with Gasteiger partial charge in [0, 0.05) is 12.5 Å². The predicted octanol–water partition coefficient (Wildman–Crippen LogP) is 2.79. The van der Waals surface area contributed by atoms with Crippen LogP contribution in [0.25, 0.3) is 0 Å². The third kappa shape index (κ3) is 6.01. The summed E-state index contributed by atoms with van der Waals surface area (Å²) in [6, 6.07) is 0. The molecule has 0 N–H and O–H groups in total. The zero-order valence-corrected chi connectivity index (χ0v) is 14.6. The van der Waals surface area contributed by atoms with Gasteiger partial charge < -0.3 is 12.4 Å². The molecule has 1 aliphatic rings. The summed E-state index contributed by atoms with van der Waals surface area (Å²) < 4.78 is 1.18. The molecule has 0 aromatic rings. The highest BCUT2D eigenvalue weighted by molar-refractivity contribution is 5.13. The number of hydrogen-bond acceptors (Lipinski definition) is 0. The zero-order chi connectivity index (χ0) is 14.0. The Morgan fingerprint density at radius 1 is 0.800 bits per heavy atom. The second kappa shape index (κ2) is 11.4. The maximum Gasteiger partial charge on any atom is 0.114 e. The molecule has 2 heteroatoms. The number of unbranched alkanes of at least 4 members (excludes halogenated alkanes) is 5. The maximum atomic E-state index is 2.46. The molecule has 1 heterocycles. The van der Waals surface area contributed by atoms with Crippen molar-refractivity contribution in [3.05, 3.63) is 24.0 Å². The van der Waals surface area contributed by atoms with Crippen LogP contribution in [0.4, 0.5) is 0 Å². The molecule has 1 nitrogen and oxygen atoms in total.